The Bertz CT molecular complexity index is 984. The molecule has 7 heteroatoms. The maximum absolute atomic E-state index is 13.0. The maximum atomic E-state index is 13.0. The number of methoxy groups -OCH3 is 2. The zero-order chi connectivity index (χ0) is 21.8. The molecular formula is C23H24ClNO5. The molecule has 1 N–H and O–H groups in total. The zero-order valence-corrected chi connectivity index (χ0v) is 17.9. The number of para-hydroxylation sites is 1. The van der Waals surface area contributed by atoms with Crippen molar-refractivity contribution < 1.29 is 24.2 Å². The molecule has 1 fully saturated rings. The molecule has 1 heterocycles. The van der Waals surface area contributed by atoms with Gasteiger partial charge in [-0.1, -0.05) is 37.1 Å². The van der Waals surface area contributed by atoms with E-state index in [0.29, 0.717) is 34.2 Å². The highest BCUT2D eigenvalue weighted by Crippen LogP contribution is 2.45. The van der Waals surface area contributed by atoms with Crippen molar-refractivity contribution in [3.63, 3.8) is 0 Å². The van der Waals surface area contributed by atoms with Crippen molar-refractivity contribution in [2.45, 2.75) is 25.8 Å². The van der Waals surface area contributed by atoms with Crippen LogP contribution in [0.15, 0.2) is 48.0 Å². The molecule has 0 aliphatic carbocycles. The van der Waals surface area contributed by atoms with Gasteiger partial charge < -0.3 is 19.5 Å². The van der Waals surface area contributed by atoms with Crippen molar-refractivity contribution in [1.29, 1.82) is 0 Å². The van der Waals surface area contributed by atoms with Crippen molar-refractivity contribution in [3.8, 4) is 11.5 Å². The molecule has 0 bridgehead atoms. The predicted molar refractivity (Wildman–Crippen MR) is 115 cm³/mol. The zero-order valence-electron chi connectivity index (χ0n) is 17.1. The van der Waals surface area contributed by atoms with E-state index in [0.717, 1.165) is 12.8 Å². The van der Waals surface area contributed by atoms with Gasteiger partial charge in [-0.3, -0.25) is 9.59 Å². The second-order valence-electron chi connectivity index (χ2n) is 6.94. The molecule has 2 aromatic carbocycles. The summed E-state index contributed by atoms with van der Waals surface area (Å²) in [5, 5.41) is 11.5. The van der Waals surface area contributed by atoms with Gasteiger partial charge in [-0.25, -0.2) is 0 Å². The molecule has 2 aromatic rings. The van der Waals surface area contributed by atoms with Crippen LogP contribution < -0.4 is 9.47 Å². The molecule has 0 spiro atoms. The van der Waals surface area contributed by atoms with E-state index in [-0.39, 0.29) is 11.3 Å². The molecule has 158 valence electrons. The van der Waals surface area contributed by atoms with Crippen molar-refractivity contribution in [2.24, 2.45) is 0 Å². The van der Waals surface area contributed by atoms with Gasteiger partial charge in [-0.15, -0.1) is 0 Å². The molecule has 1 unspecified atom stereocenters. The minimum atomic E-state index is -0.794. The number of ketones is 1. The van der Waals surface area contributed by atoms with Crippen LogP contribution in [0.1, 0.15) is 36.9 Å². The Hall–Kier alpha value is -2.99. The predicted octanol–water partition coefficient (Wildman–Crippen LogP) is 4.58. The van der Waals surface area contributed by atoms with Gasteiger partial charge in [0, 0.05) is 22.7 Å². The first-order valence-electron chi connectivity index (χ1n) is 9.69. The largest absolute Gasteiger partial charge is 0.507 e. The number of aliphatic hydroxyl groups excluding tert-OH is 1. The van der Waals surface area contributed by atoms with E-state index >= 15 is 0 Å². The Kier molecular flexibility index (Phi) is 6.67. The number of aliphatic hydroxyl groups is 1. The van der Waals surface area contributed by atoms with E-state index in [1.54, 1.807) is 42.5 Å². The number of carbonyl (C=O) groups excluding carboxylic acids is 2. The fourth-order valence-electron chi connectivity index (χ4n) is 3.65. The molecule has 1 atom stereocenters. The van der Waals surface area contributed by atoms with Gasteiger partial charge in [0.05, 0.1) is 25.8 Å². The summed E-state index contributed by atoms with van der Waals surface area (Å²) in [5.74, 6) is -0.737. The highest BCUT2D eigenvalue weighted by Gasteiger charge is 2.47. The second-order valence-corrected chi connectivity index (χ2v) is 7.37. The topological polar surface area (TPSA) is 76.1 Å². The molecule has 0 aromatic heterocycles. The molecule has 3 rings (SSSR count). The van der Waals surface area contributed by atoms with Gasteiger partial charge in [0.25, 0.3) is 11.7 Å². The van der Waals surface area contributed by atoms with Gasteiger partial charge in [-0.2, -0.15) is 0 Å². The monoisotopic (exact) mass is 429 g/mol. The first-order valence-corrected chi connectivity index (χ1v) is 10.1. The van der Waals surface area contributed by atoms with Crippen molar-refractivity contribution in [2.75, 3.05) is 20.8 Å². The van der Waals surface area contributed by atoms with Crippen LogP contribution in [0.5, 0.6) is 11.5 Å². The number of carbonyl (C=O) groups is 2. The number of hydrogen-bond acceptors (Lipinski definition) is 5. The molecule has 1 aliphatic rings. The first kappa shape index (κ1) is 21.7. The number of nitrogens with zero attached hydrogens (tertiary/aromatic N) is 1. The van der Waals surface area contributed by atoms with E-state index in [9.17, 15) is 14.7 Å². The molecule has 1 saturated heterocycles. The van der Waals surface area contributed by atoms with E-state index < -0.39 is 17.7 Å². The Morgan fingerprint density at radius 2 is 1.80 bits per heavy atom. The number of unbranched alkanes of at least 4 members (excludes halogenated alkanes) is 1. The lowest BCUT2D eigenvalue weighted by molar-refractivity contribution is -0.139. The summed E-state index contributed by atoms with van der Waals surface area (Å²) in [6, 6.07) is 10.9. The SMILES string of the molecule is CCCCN1C(=O)C(=O)/C(=C(/O)c2ccc(Cl)cc2)C1c1cccc(OC)c1OC. The molecule has 1 amide bonds. The molecule has 0 saturated carbocycles. The van der Waals surface area contributed by atoms with Crippen molar-refractivity contribution >= 4 is 29.1 Å². The van der Waals surface area contributed by atoms with Crippen LogP contribution in [0.3, 0.4) is 0 Å². The number of hydrogen-bond donors (Lipinski definition) is 1. The third-order valence-corrected chi connectivity index (χ3v) is 5.39. The van der Waals surface area contributed by atoms with E-state index in [1.165, 1.54) is 19.1 Å². The van der Waals surface area contributed by atoms with Crippen LogP contribution >= 0.6 is 11.6 Å². The van der Waals surface area contributed by atoms with Crippen LogP contribution in [-0.4, -0.2) is 42.5 Å². The highest BCUT2D eigenvalue weighted by molar-refractivity contribution is 6.46. The van der Waals surface area contributed by atoms with Crippen molar-refractivity contribution in [3.05, 3.63) is 64.2 Å². The Morgan fingerprint density at radius 1 is 1.10 bits per heavy atom. The molecule has 6 nitrogen and oxygen atoms in total. The van der Waals surface area contributed by atoms with Crippen LogP contribution in [0.4, 0.5) is 0 Å². The van der Waals surface area contributed by atoms with E-state index in [4.69, 9.17) is 21.1 Å². The third-order valence-electron chi connectivity index (χ3n) is 5.14. The minimum Gasteiger partial charge on any atom is -0.507 e. The maximum Gasteiger partial charge on any atom is 0.295 e. The summed E-state index contributed by atoms with van der Waals surface area (Å²) in [6.45, 7) is 2.38. The molecular weight excluding hydrogens is 406 g/mol. The lowest BCUT2D eigenvalue weighted by Gasteiger charge is -2.27. The summed E-state index contributed by atoms with van der Waals surface area (Å²) < 4.78 is 11.0. The first-order chi connectivity index (χ1) is 14.4. The smallest absolute Gasteiger partial charge is 0.295 e. The fourth-order valence-corrected chi connectivity index (χ4v) is 3.78. The standard InChI is InChI=1S/C23H24ClNO5/c1-4-5-13-25-19(16-7-6-8-17(29-2)22(16)30-3)18(21(27)23(25)28)20(26)14-9-11-15(24)12-10-14/h6-12,19,26H,4-5,13H2,1-3H3/b20-18+. The quantitative estimate of drug-likeness (QED) is 0.396. The van der Waals surface area contributed by atoms with Crippen LogP contribution in [0.25, 0.3) is 5.76 Å². The van der Waals surface area contributed by atoms with Crippen LogP contribution in [-0.2, 0) is 9.59 Å². The molecule has 30 heavy (non-hydrogen) atoms. The van der Waals surface area contributed by atoms with Gasteiger partial charge >= 0.3 is 0 Å². The van der Waals surface area contributed by atoms with Gasteiger partial charge in [0.15, 0.2) is 11.5 Å². The lowest BCUT2D eigenvalue weighted by atomic mass is 9.94. The molecule has 1 aliphatic heterocycles. The van der Waals surface area contributed by atoms with Gasteiger partial charge in [0.2, 0.25) is 0 Å². The third kappa shape index (κ3) is 3.87. The van der Waals surface area contributed by atoms with Crippen molar-refractivity contribution in [1.82, 2.24) is 4.90 Å². The number of halogens is 1. The second kappa shape index (κ2) is 9.22. The van der Waals surface area contributed by atoms with Gasteiger partial charge in [-0.05, 0) is 36.8 Å². The number of Topliss-reactive ketones (excluding diaryl/α,β-unsaturated/α-hetero) is 1. The van der Waals surface area contributed by atoms with E-state index in [2.05, 4.69) is 0 Å². The number of likely N-dealkylation sites (tertiary alicyclic amines) is 1. The summed E-state index contributed by atoms with van der Waals surface area (Å²) in [4.78, 5) is 27.4. The number of benzene rings is 2. The lowest BCUT2D eigenvalue weighted by Crippen LogP contribution is -2.30. The summed E-state index contributed by atoms with van der Waals surface area (Å²) in [6.07, 6.45) is 1.57. The van der Waals surface area contributed by atoms with Crippen LogP contribution in [0.2, 0.25) is 5.02 Å². The molecule has 0 radical (unpaired) electrons. The summed E-state index contributed by atoms with van der Waals surface area (Å²) in [7, 11) is 3.02. The summed E-state index contributed by atoms with van der Waals surface area (Å²) >= 11 is 5.95. The van der Waals surface area contributed by atoms with Gasteiger partial charge in [0.1, 0.15) is 5.76 Å². The Balaban J connectivity index is 2.24. The highest BCUT2D eigenvalue weighted by atomic mass is 35.5. The normalized spacial score (nSPS) is 18.0. The Morgan fingerprint density at radius 3 is 2.40 bits per heavy atom. The number of amides is 1. The fraction of sp³-hybridized carbons (Fsp3) is 0.304. The van der Waals surface area contributed by atoms with Crippen LogP contribution in [0, 0.1) is 0 Å². The Labute approximate surface area is 180 Å². The average molecular weight is 430 g/mol. The van der Waals surface area contributed by atoms with E-state index in [1.807, 2.05) is 6.92 Å². The number of rotatable bonds is 7. The number of ether oxygens (including phenoxy) is 2. The summed E-state index contributed by atoms with van der Waals surface area (Å²) in [5.41, 5.74) is 0.993. The minimum absolute atomic E-state index is 0.0185. The average Bonchev–Trinajstić information content (AvgIpc) is 3.01.